The molecule has 0 bridgehead atoms. The number of carbonyl (C=O) groups is 1. The minimum Gasteiger partial charge on any atom is -0.449 e. The van der Waals surface area contributed by atoms with Crippen molar-refractivity contribution in [1.29, 1.82) is 0 Å². The van der Waals surface area contributed by atoms with Gasteiger partial charge in [0.2, 0.25) is 0 Å². The fourth-order valence-electron chi connectivity index (χ4n) is 10.3. The van der Waals surface area contributed by atoms with Gasteiger partial charge in [0.1, 0.15) is 0 Å². The van der Waals surface area contributed by atoms with E-state index in [0.29, 0.717) is 66.5 Å². The largest absolute Gasteiger partial charge is 0.449 e. The number of fused-ring (bicyclic) bond motifs is 5. The van der Waals surface area contributed by atoms with Crippen molar-refractivity contribution in [2.24, 2.45) is 52.3 Å². The van der Waals surface area contributed by atoms with Gasteiger partial charge in [-0.1, -0.05) is 34.1 Å². The van der Waals surface area contributed by atoms with Gasteiger partial charge >= 0.3 is 6.09 Å². The van der Waals surface area contributed by atoms with Crippen molar-refractivity contribution in [3.63, 3.8) is 0 Å². The predicted octanol–water partition coefficient (Wildman–Crippen LogP) is 6.51. The highest BCUT2D eigenvalue weighted by Gasteiger charge is 2.64. The highest BCUT2D eigenvalue weighted by Crippen LogP contribution is 2.69. The second-order valence-electron chi connectivity index (χ2n) is 13.5. The summed E-state index contributed by atoms with van der Waals surface area (Å²) in [6, 6.07) is 0. The van der Waals surface area contributed by atoms with Crippen LogP contribution in [-0.4, -0.2) is 53.1 Å². The van der Waals surface area contributed by atoms with Crippen molar-refractivity contribution in [1.82, 2.24) is 4.90 Å². The Morgan fingerprint density at radius 3 is 2.31 bits per heavy atom. The van der Waals surface area contributed by atoms with Gasteiger partial charge in [-0.05, 0) is 124 Å². The Balaban J connectivity index is 1.42. The molecule has 0 radical (unpaired) electrons. The lowest BCUT2D eigenvalue weighted by atomic mass is 9.41. The molecule has 36 heavy (non-hydrogen) atoms. The second kappa shape index (κ2) is 11.1. The average Bonchev–Trinajstić information content (AvgIpc) is 3.21. The molecule has 11 atom stereocenters. The van der Waals surface area contributed by atoms with E-state index in [1.807, 2.05) is 13.8 Å². The maximum Gasteiger partial charge on any atom is 0.409 e. The minimum atomic E-state index is -0.221. The molecule has 5 nitrogen and oxygen atoms in total. The van der Waals surface area contributed by atoms with Crippen molar-refractivity contribution in [2.75, 3.05) is 19.7 Å². The molecule has 4 rings (SSSR count). The normalized spacial score (nSPS) is 44.8. The average molecular weight is 506 g/mol. The summed E-state index contributed by atoms with van der Waals surface area (Å²) in [6.45, 7) is 15.6. The number of aliphatic hydroxyl groups excluding tert-OH is 2. The maximum absolute atomic E-state index is 12.2. The summed E-state index contributed by atoms with van der Waals surface area (Å²) in [5.74, 6) is 3.70. The molecule has 4 saturated carbocycles. The first-order valence-electron chi connectivity index (χ1n) is 15.4. The van der Waals surface area contributed by atoms with E-state index in [9.17, 15) is 15.0 Å². The second-order valence-corrected chi connectivity index (χ2v) is 13.5. The van der Waals surface area contributed by atoms with E-state index >= 15 is 0 Å². The fourth-order valence-corrected chi connectivity index (χ4v) is 10.3. The molecule has 4 fully saturated rings. The SMILES string of the molecule is CC[C@H]1[C@@H](O)[C@@H]2[C@H](CC[C@]3(C)[C@@H]([C@H](C)CCCOC(=O)N(CC)CC)CC[C@@H]23)[C@@]2(C)CC[C@@H](O)C[C@@H]12. The quantitative estimate of drug-likeness (QED) is 0.369. The lowest BCUT2D eigenvalue weighted by molar-refractivity contribution is -0.203. The monoisotopic (exact) mass is 505 g/mol. The molecule has 0 unspecified atom stereocenters. The van der Waals surface area contributed by atoms with E-state index in [1.165, 1.54) is 25.7 Å². The topological polar surface area (TPSA) is 70.0 Å². The van der Waals surface area contributed by atoms with E-state index in [0.717, 1.165) is 38.5 Å². The molecule has 0 spiro atoms. The number of carbonyl (C=O) groups excluding carboxylic acids is 1. The van der Waals surface area contributed by atoms with Gasteiger partial charge in [0.15, 0.2) is 0 Å². The molecule has 208 valence electrons. The molecule has 4 aliphatic carbocycles. The minimum absolute atomic E-state index is 0.183. The Morgan fingerprint density at radius 1 is 0.972 bits per heavy atom. The van der Waals surface area contributed by atoms with Crippen molar-refractivity contribution in [2.45, 2.75) is 118 Å². The Labute approximate surface area is 220 Å². The van der Waals surface area contributed by atoms with Crippen molar-refractivity contribution < 1.29 is 19.7 Å². The third-order valence-corrected chi connectivity index (χ3v) is 12.2. The van der Waals surface area contributed by atoms with Crippen molar-refractivity contribution in [3.8, 4) is 0 Å². The summed E-state index contributed by atoms with van der Waals surface area (Å²) in [7, 11) is 0. The third-order valence-electron chi connectivity index (χ3n) is 12.2. The first kappa shape index (κ1) is 28.2. The van der Waals surface area contributed by atoms with Crippen LogP contribution < -0.4 is 0 Å². The highest BCUT2D eigenvalue weighted by atomic mass is 16.6. The van der Waals surface area contributed by atoms with Gasteiger partial charge < -0.3 is 19.8 Å². The lowest BCUT2D eigenvalue weighted by Gasteiger charge is -2.64. The molecule has 0 heterocycles. The molecule has 5 heteroatoms. The molecule has 0 aromatic rings. The van der Waals surface area contributed by atoms with E-state index in [-0.39, 0.29) is 23.7 Å². The van der Waals surface area contributed by atoms with Crippen LogP contribution in [-0.2, 0) is 4.74 Å². The predicted molar refractivity (Wildman–Crippen MR) is 144 cm³/mol. The van der Waals surface area contributed by atoms with Crippen LogP contribution in [0, 0.1) is 52.3 Å². The fraction of sp³-hybridized carbons (Fsp3) is 0.968. The number of hydrogen-bond donors (Lipinski definition) is 2. The molecule has 2 N–H and O–H groups in total. The van der Waals surface area contributed by atoms with Crippen LogP contribution in [0.2, 0.25) is 0 Å². The zero-order chi connectivity index (χ0) is 26.3. The van der Waals surface area contributed by atoms with Crippen LogP contribution >= 0.6 is 0 Å². The number of rotatable bonds is 8. The number of aliphatic hydroxyl groups is 2. The zero-order valence-corrected chi connectivity index (χ0v) is 24.0. The third kappa shape index (κ3) is 4.74. The van der Waals surface area contributed by atoms with Crippen LogP contribution in [0.15, 0.2) is 0 Å². The molecule has 0 aromatic heterocycles. The first-order valence-corrected chi connectivity index (χ1v) is 15.4. The summed E-state index contributed by atoms with van der Waals surface area (Å²) < 4.78 is 5.54. The van der Waals surface area contributed by atoms with E-state index in [4.69, 9.17) is 4.74 Å². The molecule has 0 aromatic carbocycles. The van der Waals surface area contributed by atoms with Gasteiger partial charge in [0.25, 0.3) is 0 Å². The molecule has 0 aliphatic heterocycles. The summed E-state index contributed by atoms with van der Waals surface area (Å²) in [6.07, 6.45) is 10.4. The van der Waals surface area contributed by atoms with Gasteiger partial charge in [-0.25, -0.2) is 4.79 Å². The molecule has 1 amide bonds. The van der Waals surface area contributed by atoms with Crippen LogP contribution in [0.1, 0.15) is 106 Å². The molecule has 4 aliphatic rings. The zero-order valence-electron chi connectivity index (χ0n) is 24.0. The number of ether oxygens (including phenoxy) is 1. The van der Waals surface area contributed by atoms with Crippen LogP contribution in [0.25, 0.3) is 0 Å². The lowest BCUT2D eigenvalue weighted by Crippen LogP contribution is -2.62. The van der Waals surface area contributed by atoms with Gasteiger partial charge in [-0.15, -0.1) is 0 Å². The number of hydrogen-bond acceptors (Lipinski definition) is 4. The Kier molecular flexibility index (Phi) is 8.71. The Morgan fingerprint density at radius 2 is 1.64 bits per heavy atom. The van der Waals surface area contributed by atoms with Gasteiger partial charge in [0, 0.05) is 13.1 Å². The molecule has 0 saturated heterocycles. The number of nitrogens with zero attached hydrogens (tertiary/aromatic N) is 1. The summed E-state index contributed by atoms with van der Waals surface area (Å²) in [5.41, 5.74) is 0.568. The van der Waals surface area contributed by atoms with Crippen molar-refractivity contribution >= 4 is 6.09 Å². The molecular weight excluding hydrogens is 450 g/mol. The summed E-state index contributed by atoms with van der Waals surface area (Å²) in [5, 5.41) is 22.4. The van der Waals surface area contributed by atoms with Crippen LogP contribution in [0.5, 0.6) is 0 Å². The Bertz CT molecular complexity index is 755. The van der Waals surface area contributed by atoms with E-state index < -0.39 is 0 Å². The van der Waals surface area contributed by atoms with Crippen molar-refractivity contribution in [3.05, 3.63) is 0 Å². The maximum atomic E-state index is 12.2. The highest BCUT2D eigenvalue weighted by molar-refractivity contribution is 5.67. The van der Waals surface area contributed by atoms with Gasteiger partial charge in [-0.3, -0.25) is 0 Å². The number of amides is 1. The summed E-state index contributed by atoms with van der Waals surface area (Å²) in [4.78, 5) is 13.9. The van der Waals surface area contributed by atoms with Crippen LogP contribution in [0.3, 0.4) is 0 Å². The summed E-state index contributed by atoms with van der Waals surface area (Å²) >= 11 is 0. The van der Waals surface area contributed by atoms with Gasteiger partial charge in [0.05, 0.1) is 18.8 Å². The van der Waals surface area contributed by atoms with E-state index in [2.05, 4.69) is 27.7 Å². The standard InChI is InChI=1S/C31H55NO4/c1-7-22-26-19-21(33)14-16-31(26,6)25-15-17-30(5)23(12-13-24(30)27(25)28(22)34)20(4)11-10-18-36-29(35)32(8-2)9-3/h20-28,33-34H,7-19H2,1-6H3/t20-,21-,22-,23-,24+,25+,26+,27+,28-,30-,31-/m1/s1. The first-order chi connectivity index (χ1) is 17.1. The van der Waals surface area contributed by atoms with Crippen LogP contribution in [0.4, 0.5) is 4.79 Å². The van der Waals surface area contributed by atoms with E-state index in [1.54, 1.807) is 4.90 Å². The van der Waals surface area contributed by atoms with Gasteiger partial charge in [-0.2, -0.15) is 0 Å². The molecular formula is C31H55NO4. The smallest absolute Gasteiger partial charge is 0.409 e. The Hall–Kier alpha value is -0.810.